The number of aliphatic hydroxyl groups excluding tert-OH is 1. The fraction of sp³-hybridized carbons (Fsp3) is 0.875. The minimum atomic E-state index is -0.837. The van der Waals surface area contributed by atoms with Crippen LogP contribution in [-0.2, 0) is 4.79 Å². The molecule has 0 spiro atoms. The lowest BCUT2D eigenvalue weighted by atomic mass is 10.2. The van der Waals surface area contributed by atoms with Gasteiger partial charge in [0.15, 0.2) is 0 Å². The maximum atomic E-state index is 10.6. The molecule has 12 heavy (non-hydrogen) atoms. The zero-order valence-corrected chi connectivity index (χ0v) is 8.52. The van der Waals surface area contributed by atoms with Crippen molar-refractivity contribution in [1.82, 2.24) is 0 Å². The highest BCUT2D eigenvalue weighted by molar-refractivity contribution is 8.01. The maximum absolute atomic E-state index is 10.6. The van der Waals surface area contributed by atoms with E-state index >= 15 is 0 Å². The van der Waals surface area contributed by atoms with Gasteiger partial charge in [-0.25, -0.2) is 0 Å². The summed E-state index contributed by atoms with van der Waals surface area (Å²) in [6, 6.07) is 0. The van der Waals surface area contributed by atoms with Crippen LogP contribution in [0.4, 0.5) is 0 Å². The maximum Gasteiger partial charge on any atom is 0.319 e. The first kappa shape index (κ1) is 11.8. The minimum absolute atomic E-state index is 0.395. The largest absolute Gasteiger partial charge is 0.480 e. The Morgan fingerprint density at radius 3 is 2.42 bits per heavy atom. The molecule has 0 radical (unpaired) electrons. The van der Waals surface area contributed by atoms with Crippen LogP contribution in [0.5, 0.6) is 0 Å². The molecule has 0 aliphatic rings. The summed E-state index contributed by atoms with van der Waals surface area (Å²) in [5, 5.41) is 17.9. The van der Waals surface area contributed by atoms with Crippen LogP contribution in [-0.4, -0.2) is 32.8 Å². The molecule has 0 aliphatic heterocycles. The van der Waals surface area contributed by atoms with Gasteiger partial charge in [-0.2, -0.15) is 0 Å². The summed E-state index contributed by atoms with van der Waals surface area (Å²) in [7, 11) is 0. The number of carboxylic acid groups (broad SMARTS) is 1. The molecule has 72 valence electrons. The van der Waals surface area contributed by atoms with E-state index in [0.29, 0.717) is 12.2 Å². The minimum Gasteiger partial charge on any atom is -0.480 e. The lowest BCUT2D eigenvalue weighted by Gasteiger charge is -2.19. The van der Waals surface area contributed by atoms with E-state index in [2.05, 4.69) is 0 Å². The van der Waals surface area contributed by atoms with Gasteiger partial charge in [0.2, 0.25) is 0 Å². The second kappa shape index (κ2) is 4.72. The first-order valence-corrected chi connectivity index (χ1v) is 4.94. The van der Waals surface area contributed by atoms with Crippen molar-refractivity contribution < 1.29 is 15.0 Å². The third kappa shape index (κ3) is 3.97. The van der Waals surface area contributed by atoms with E-state index in [4.69, 9.17) is 5.11 Å². The Morgan fingerprint density at radius 1 is 1.58 bits per heavy atom. The van der Waals surface area contributed by atoms with Crippen LogP contribution in [0.15, 0.2) is 0 Å². The highest BCUT2D eigenvalue weighted by Crippen LogP contribution is 2.25. The highest BCUT2D eigenvalue weighted by atomic mass is 32.2. The van der Waals surface area contributed by atoms with Crippen LogP contribution in [0.2, 0.25) is 0 Å². The molecule has 0 saturated heterocycles. The van der Waals surface area contributed by atoms with Crippen molar-refractivity contribution >= 4 is 17.7 Å². The lowest BCUT2D eigenvalue weighted by Crippen LogP contribution is -2.29. The smallest absolute Gasteiger partial charge is 0.319 e. The molecule has 1 unspecified atom stereocenters. The first-order valence-electron chi connectivity index (χ1n) is 3.95. The number of hydrogen-bond donors (Lipinski definition) is 2. The van der Waals surface area contributed by atoms with Gasteiger partial charge < -0.3 is 10.2 Å². The van der Waals surface area contributed by atoms with Gasteiger partial charge in [0.1, 0.15) is 4.75 Å². The van der Waals surface area contributed by atoms with Gasteiger partial charge in [0, 0.05) is 5.75 Å². The topological polar surface area (TPSA) is 57.5 Å². The van der Waals surface area contributed by atoms with Gasteiger partial charge in [0.05, 0.1) is 6.10 Å². The molecule has 0 fully saturated rings. The number of carboxylic acids is 1. The van der Waals surface area contributed by atoms with Gasteiger partial charge in [0.25, 0.3) is 0 Å². The Balaban J connectivity index is 3.83. The van der Waals surface area contributed by atoms with E-state index < -0.39 is 16.8 Å². The second-order valence-corrected chi connectivity index (χ2v) is 4.83. The summed E-state index contributed by atoms with van der Waals surface area (Å²) in [4.78, 5) is 10.6. The molecule has 4 heteroatoms. The molecule has 0 aromatic carbocycles. The molecule has 0 bridgehead atoms. The predicted octanol–water partition coefficient (Wildman–Crippen LogP) is 1.35. The van der Waals surface area contributed by atoms with Crippen LogP contribution >= 0.6 is 11.8 Å². The molecule has 0 aliphatic carbocycles. The number of carbonyl (C=O) groups is 1. The van der Waals surface area contributed by atoms with Crippen molar-refractivity contribution in [3.8, 4) is 0 Å². The van der Waals surface area contributed by atoms with Crippen molar-refractivity contribution in [3.05, 3.63) is 0 Å². The summed E-state index contributed by atoms with van der Waals surface area (Å²) in [5.41, 5.74) is 0. The summed E-state index contributed by atoms with van der Waals surface area (Å²) in [6.45, 7) is 5.16. The average molecular weight is 192 g/mol. The Bertz CT molecular complexity index is 156. The fourth-order valence-corrected chi connectivity index (χ4v) is 1.45. The average Bonchev–Trinajstić information content (AvgIpc) is 2.00. The van der Waals surface area contributed by atoms with Crippen molar-refractivity contribution in [2.24, 2.45) is 0 Å². The molecule has 0 aromatic rings. The van der Waals surface area contributed by atoms with Crippen molar-refractivity contribution in [2.45, 2.75) is 38.0 Å². The zero-order valence-electron chi connectivity index (χ0n) is 7.70. The summed E-state index contributed by atoms with van der Waals surface area (Å²) < 4.78 is -0.795. The van der Waals surface area contributed by atoms with Gasteiger partial charge in [-0.15, -0.1) is 11.8 Å². The van der Waals surface area contributed by atoms with E-state index in [1.807, 2.05) is 6.92 Å². The van der Waals surface area contributed by atoms with Gasteiger partial charge in [-0.05, 0) is 20.3 Å². The van der Waals surface area contributed by atoms with Crippen molar-refractivity contribution in [1.29, 1.82) is 0 Å². The second-order valence-electron chi connectivity index (χ2n) is 3.19. The van der Waals surface area contributed by atoms with Gasteiger partial charge in [-0.1, -0.05) is 6.92 Å². The molecule has 0 amide bonds. The molecule has 3 nitrogen and oxygen atoms in total. The van der Waals surface area contributed by atoms with E-state index in [-0.39, 0.29) is 0 Å². The van der Waals surface area contributed by atoms with E-state index in [1.165, 1.54) is 11.8 Å². The highest BCUT2D eigenvalue weighted by Gasteiger charge is 2.27. The summed E-state index contributed by atoms with van der Waals surface area (Å²) in [5.74, 6) is -0.355. The number of hydrogen-bond acceptors (Lipinski definition) is 3. The SMILES string of the molecule is CCC(O)CSC(C)(C)C(=O)O. The molecular weight excluding hydrogens is 176 g/mol. The normalized spacial score (nSPS) is 14.3. The molecular formula is C8H16O3S. The monoisotopic (exact) mass is 192 g/mol. The molecule has 0 heterocycles. The third-order valence-corrected chi connectivity index (χ3v) is 3.07. The van der Waals surface area contributed by atoms with E-state index in [9.17, 15) is 9.90 Å². The van der Waals surface area contributed by atoms with E-state index in [0.717, 1.165) is 0 Å². The Hall–Kier alpha value is -0.220. The number of aliphatic hydroxyl groups is 1. The van der Waals surface area contributed by atoms with Crippen LogP contribution < -0.4 is 0 Å². The Kier molecular flexibility index (Phi) is 4.63. The van der Waals surface area contributed by atoms with Gasteiger partial charge >= 0.3 is 5.97 Å². The molecule has 1 atom stereocenters. The zero-order chi connectivity index (χ0) is 9.78. The summed E-state index contributed by atoms with van der Waals surface area (Å²) in [6.07, 6.45) is 0.275. The number of rotatable bonds is 5. The van der Waals surface area contributed by atoms with Crippen LogP contribution in [0.3, 0.4) is 0 Å². The van der Waals surface area contributed by atoms with Gasteiger partial charge in [-0.3, -0.25) is 4.79 Å². The van der Waals surface area contributed by atoms with Crippen molar-refractivity contribution in [3.63, 3.8) is 0 Å². The van der Waals surface area contributed by atoms with Crippen LogP contribution in [0.1, 0.15) is 27.2 Å². The van der Waals surface area contributed by atoms with Crippen LogP contribution in [0.25, 0.3) is 0 Å². The Labute approximate surface area is 77.2 Å². The van der Waals surface area contributed by atoms with Crippen LogP contribution in [0, 0.1) is 0 Å². The number of aliphatic carboxylic acids is 1. The summed E-state index contributed by atoms with van der Waals surface area (Å²) >= 11 is 1.27. The molecule has 0 aromatic heterocycles. The van der Waals surface area contributed by atoms with E-state index in [1.54, 1.807) is 13.8 Å². The molecule has 2 N–H and O–H groups in total. The first-order chi connectivity index (χ1) is 5.40. The standard InChI is InChI=1S/C8H16O3S/c1-4-6(9)5-12-8(2,3)7(10)11/h6,9H,4-5H2,1-3H3,(H,10,11). The quantitative estimate of drug-likeness (QED) is 0.690. The lowest BCUT2D eigenvalue weighted by molar-refractivity contribution is -0.138. The third-order valence-electron chi connectivity index (χ3n) is 1.62. The number of thioether (sulfide) groups is 1. The fourth-order valence-electron chi connectivity index (χ4n) is 0.484. The van der Waals surface area contributed by atoms with Crippen molar-refractivity contribution in [2.75, 3.05) is 5.75 Å². The Morgan fingerprint density at radius 2 is 2.08 bits per heavy atom. The molecule has 0 saturated carbocycles. The molecule has 0 rings (SSSR count). The predicted molar refractivity (Wildman–Crippen MR) is 50.5 cm³/mol.